The highest BCUT2D eigenvalue weighted by atomic mass is 32.2. The Bertz CT molecular complexity index is 909. The molecule has 9 heteroatoms. The lowest BCUT2D eigenvalue weighted by atomic mass is 10.1. The van der Waals surface area contributed by atoms with Crippen molar-refractivity contribution in [2.45, 2.75) is 17.6 Å². The van der Waals surface area contributed by atoms with Crippen LogP contribution in [0.3, 0.4) is 0 Å². The van der Waals surface area contributed by atoms with Crippen LogP contribution < -0.4 is 4.90 Å². The van der Waals surface area contributed by atoms with Gasteiger partial charge in [-0.25, -0.2) is 8.42 Å². The monoisotopic (exact) mass is 414 g/mol. The number of halogens is 3. The lowest BCUT2D eigenvalue weighted by Gasteiger charge is -2.31. The molecular formula is C19H21F3N2O3S. The Morgan fingerprint density at radius 1 is 1.04 bits per heavy atom. The van der Waals surface area contributed by atoms with E-state index in [-0.39, 0.29) is 11.4 Å². The van der Waals surface area contributed by atoms with Crippen molar-refractivity contribution >= 4 is 15.7 Å². The summed E-state index contributed by atoms with van der Waals surface area (Å²) in [4.78, 5) is 1.96. The Morgan fingerprint density at radius 3 is 2.25 bits per heavy atom. The van der Waals surface area contributed by atoms with Crippen molar-refractivity contribution < 1.29 is 26.3 Å². The number of hydrogen-bond acceptors (Lipinski definition) is 4. The maximum absolute atomic E-state index is 12.8. The minimum atomic E-state index is -4.51. The molecule has 0 atom stereocenters. The molecule has 3 rings (SSSR count). The molecule has 152 valence electrons. The molecule has 1 aliphatic heterocycles. The maximum atomic E-state index is 12.8. The second-order valence-corrected chi connectivity index (χ2v) is 8.56. The van der Waals surface area contributed by atoms with Gasteiger partial charge in [-0.2, -0.15) is 17.5 Å². The zero-order valence-corrected chi connectivity index (χ0v) is 16.1. The van der Waals surface area contributed by atoms with Crippen molar-refractivity contribution in [2.75, 3.05) is 38.3 Å². The van der Waals surface area contributed by atoms with E-state index in [0.717, 1.165) is 39.8 Å². The van der Waals surface area contributed by atoms with Crippen molar-refractivity contribution in [2.24, 2.45) is 0 Å². The molecule has 0 spiro atoms. The van der Waals surface area contributed by atoms with Gasteiger partial charge in [-0.15, -0.1) is 0 Å². The van der Waals surface area contributed by atoms with Crippen LogP contribution in [0.25, 0.3) is 0 Å². The summed E-state index contributed by atoms with van der Waals surface area (Å²) < 4.78 is 70.2. The first-order valence-electron chi connectivity index (χ1n) is 8.74. The molecule has 1 aliphatic rings. The zero-order valence-electron chi connectivity index (χ0n) is 15.3. The largest absolute Gasteiger partial charge is 0.416 e. The molecule has 28 heavy (non-hydrogen) atoms. The van der Waals surface area contributed by atoms with Gasteiger partial charge in [0.1, 0.15) is 0 Å². The predicted octanol–water partition coefficient (Wildman–Crippen LogP) is 3.36. The van der Waals surface area contributed by atoms with Gasteiger partial charge in [0.25, 0.3) is 0 Å². The lowest BCUT2D eigenvalue weighted by molar-refractivity contribution is -0.137. The molecule has 1 fully saturated rings. The standard InChI is InChI=1S/C19H21F3N2O3S/c1-23(28(25,26)17-8-6-16(7-9-17)19(20,21)22)14-15-4-2-3-5-18(15)24-10-12-27-13-11-24/h2-9H,10-14H2,1H3. The van der Waals surface area contributed by atoms with Crippen molar-refractivity contribution in [3.63, 3.8) is 0 Å². The number of benzene rings is 2. The van der Waals surface area contributed by atoms with Crippen LogP contribution in [0, 0.1) is 0 Å². The van der Waals surface area contributed by atoms with E-state index >= 15 is 0 Å². The summed E-state index contributed by atoms with van der Waals surface area (Å²) >= 11 is 0. The number of rotatable bonds is 5. The quantitative estimate of drug-likeness (QED) is 0.753. The molecule has 0 bridgehead atoms. The van der Waals surface area contributed by atoms with Crippen LogP contribution in [0.4, 0.5) is 18.9 Å². The van der Waals surface area contributed by atoms with Gasteiger partial charge < -0.3 is 9.64 Å². The van der Waals surface area contributed by atoms with Gasteiger partial charge in [-0.1, -0.05) is 18.2 Å². The average Bonchev–Trinajstić information content (AvgIpc) is 2.68. The second kappa shape index (κ2) is 8.10. The summed E-state index contributed by atoms with van der Waals surface area (Å²) in [5.41, 5.74) is 0.870. The molecule has 0 aliphatic carbocycles. The minimum absolute atomic E-state index is 0.108. The fourth-order valence-electron chi connectivity index (χ4n) is 3.08. The highest BCUT2D eigenvalue weighted by Gasteiger charge is 2.31. The Kier molecular flexibility index (Phi) is 5.97. The fourth-order valence-corrected chi connectivity index (χ4v) is 4.23. The third-order valence-electron chi connectivity index (χ3n) is 4.63. The van der Waals surface area contributed by atoms with Crippen molar-refractivity contribution in [1.82, 2.24) is 4.31 Å². The molecule has 1 heterocycles. The number of nitrogens with zero attached hydrogens (tertiary/aromatic N) is 2. The molecule has 0 N–H and O–H groups in total. The number of alkyl halides is 3. The molecule has 0 saturated carbocycles. The van der Waals surface area contributed by atoms with E-state index in [1.54, 1.807) is 0 Å². The number of morpholine rings is 1. The molecule has 0 radical (unpaired) electrons. The van der Waals surface area contributed by atoms with Gasteiger partial charge in [0.2, 0.25) is 10.0 Å². The molecule has 0 aromatic heterocycles. The molecule has 2 aromatic carbocycles. The molecule has 2 aromatic rings. The first-order valence-corrected chi connectivity index (χ1v) is 10.2. The van der Waals surface area contributed by atoms with Crippen LogP contribution in [0.5, 0.6) is 0 Å². The van der Waals surface area contributed by atoms with Gasteiger partial charge in [0, 0.05) is 32.4 Å². The van der Waals surface area contributed by atoms with Gasteiger partial charge >= 0.3 is 6.18 Å². The summed E-state index contributed by atoms with van der Waals surface area (Å²) in [5.74, 6) is 0. The van der Waals surface area contributed by atoms with Gasteiger partial charge in [0.15, 0.2) is 0 Å². The predicted molar refractivity (Wildman–Crippen MR) is 99.6 cm³/mol. The van der Waals surface area contributed by atoms with Crippen molar-refractivity contribution in [3.8, 4) is 0 Å². The first kappa shape index (κ1) is 20.6. The number of anilines is 1. The highest BCUT2D eigenvalue weighted by molar-refractivity contribution is 7.89. The summed E-state index contributed by atoms with van der Waals surface area (Å²) in [6, 6.07) is 11.0. The Morgan fingerprint density at radius 2 is 1.64 bits per heavy atom. The SMILES string of the molecule is CN(Cc1ccccc1N1CCOCC1)S(=O)(=O)c1ccc(C(F)(F)F)cc1. The third kappa shape index (κ3) is 4.48. The smallest absolute Gasteiger partial charge is 0.378 e. The zero-order chi connectivity index (χ0) is 20.4. The number of para-hydroxylation sites is 1. The first-order chi connectivity index (χ1) is 13.2. The molecule has 0 unspecified atom stereocenters. The normalized spacial score (nSPS) is 15.8. The fraction of sp³-hybridized carbons (Fsp3) is 0.368. The maximum Gasteiger partial charge on any atom is 0.416 e. The average molecular weight is 414 g/mol. The number of hydrogen-bond donors (Lipinski definition) is 0. The molecule has 1 saturated heterocycles. The summed E-state index contributed by atoms with van der Waals surface area (Å²) in [6.45, 7) is 2.75. The number of sulfonamides is 1. The topological polar surface area (TPSA) is 49.9 Å². The van der Waals surface area contributed by atoms with E-state index in [1.807, 2.05) is 24.3 Å². The second-order valence-electron chi connectivity index (χ2n) is 6.51. The van der Waals surface area contributed by atoms with E-state index in [2.05, 4.69) is 4.90 Å². The van der Waals surface area contributed by atoms with E-state index in [0.29, 0.717) is 26.3 Å². The van der Waals surface area contributed by atoms with E-state index < -0.39 is 21.8 Å². The van der Waals surface area contributed by atoms with Crippen LogP contribution in [0.15, 0.2) is 53.4 Å². The van der Waals surface area contributed by atoms with Crippen LogP contribution in [-0.2, 0) is 27.5 Å². The Hall–Kier alpha value is -2.10. The van der Waals surface area contributed by atoms with Gasteiger partial charge in [0.05, 0.1) is 23.7 Å². The lowest BCUT2D eigenvalue weighted by Crippen LogP contribution is -2.37. The van der Waals surface area contributed by atoms with Crippen LogP contribution in [-0.4, -0.2) is 46.1 Å². The van der Waals surface area contributed by atoms with Crippen molar-refractivity contribution in [1.29, 1.82) is 0 Å². The number of ether oxygens (including phenoxy) is 1. The van der Waals surface area contributed by atoms with Crippen LogP contribution in [0.1, 0.15) is 11.1 Å². The van der Waals surface area contributed by atoms with Gasteiger partial charge in [-0.3, -0.25) is 0 Å². The Balaban J connectivity index is 1.81. The highest BCUT2D eigenvalue weighted by Crippen LogP contribution is 2.30. The minimum Gasteiger partial charge on any atom is -0.378 e. The molecular weight excluding hydrogens is 393 g/mol. The van der Waals surface area contributed by atoms with E-state index in [9.17, 15) is 21.6 Å². The third-order valence-corrected chi connectivity index (χ3v) is 6.44. The summed E-state index contributed by atoms with van der Waals surface area (Å²) in [6.07, 6.45) is -4.51. The Labute approximate surface area is 162 Å². The van der Waals surface area contributed by atoms with Crippen molar-refractivity contribution in [3.05, 3.63) is 59.7 Å². The van der Waals surface area contributed by atoms with Crippen LogP contribution >= 0.6 is 0 Å². The summed E-state index contributed by atoms with van der Waals surface area (Å²) in [7, 11) is -2.50. The van der Waals surface area contributed by atoms with E-state index in [1.165, 1.54) is 7.05 Å². The van der Waals surface area contributed by atoms with Crippen LogP contribution in [0.2, 0.25) is 0 Å². The van der Waals surface area contributed by atoms with Gasteiger partial charge in [-0.05, 0) is 35.9 Å². The van der Waals surface area contributed by atoms with E-state index in [4.69, 9.17) is 4.74 Å². The molecule has 0 amide bonds. The molecule has 5 nitrogen and oxygen atoms in total. The summed E-state index contributed by atoms with van der Waals surface area (Å²) in [5, 5.41) is 0.